The number of rotatable bonds is 2. The number of hydrogen-bond acceptors (Lipinski definition) is 2. The maximum Gasteiger partial charge on any atom is 0.419 e. The summed E-state index contributed by atoms with van der Waals surface area (Å²) in [6, 6.07) is 1.96. The second-order valence-electron chi connectivity index (χ2n) is 4.20. The van der Waals surface area contributed by atoms with E-state index in [0.29, 0.717) is 30.8 Å². The van der Waals surface area contributed by atoms with E-state index in [-0.39, 0.29) is 6.15 Å². The van der Waals surface area contributed by atoms with E-state index >= 15 is 0 Å². The Hall–Kier alpha value is -1.30. The first-order chi connectivity index (χ1) is 7.93. The van der Waals surface area contributed by atoms with E-state index in [1.165, 1.54) is 0 Å². The van der Waals surface area contributed by atoms with Crippen LogP contribution in [0.2, 0.25) is 0 Å². The molecule has 1 heterocycles. The Morgan fingerprint density at radius 2 is 1.94 bits per heavy atom. The first kappa shape index (κ1) is 14.8. The highest BCUT2D eigenvalue weighted by Gasteiger charge is 2.36. The zero-order valence-electron chi connectivity index (χ0n) is 10.1. The molecule has 1 aromatic rings. The van der Waals surface area contributed by atoms with Crippen LogP contribution in [0.5, 0.6) is 0 Å². The van der Waals surface area contributed by atoms with Crippen LogP contribution in [0.1, 0.15) is 24.5 Å². The second kappa shape index (κ2) is 5.14. The lowest BCUT2D eigenvalue weighted by Crippen LogP contribution is -2.21. The van der Waals surface area contributed by atoms with Crippen molar-refractivity contribution in [1.29, 1.82) is 0 Å². The minimum Gasteiger partial charge on any atom is -0.371 e. The van der Waals surface area contributed by atoms with Crippen molar-refractivity contribution in [2.24, 2.45) is 0 Å². The average molecular weight is 264 g/mol. The Morgan fingerprint density at radius 3 is 2.50 bits per heavy atom. The minimum atomic E-state index is -4.63. The third-order valence-corrected chi connectivity index (χ3v) is 2.96. The SMILES string of the molecule is CCCN1CCc2cc(F)c(C(F)(F)F)cc21.N. The van der Waals surface area contributed by atoms with Gasteiger partial charge in [-0.15, -0.1) is 0 Å². The van der Waals surface area contributed by atoms with Gasteiger partial charge < -0.3 is 11.1 Å². The summed E-state index contributed by atoms with van der Waals surface area (Å²) in [6.45, 7) is 3.34. The maximum absolute atomic E-state index is 13.3. The van der Waals surface area contributed by atoms with E-state index in [2.05, 4.69) is 0 Å². The molecule has 102 valence electrons. The molecule has 0 radical (unpaired) electrons. The molecule has 1 aliphatic rings. The summed E-state index contributed by atoms with van der Waals surface area (Å²) in [7, 11) is 0. The molecule has 0 amide bonds. The van der Waals surface area contributed by atoms with Gasteiger partial charge in [-0.25, -0.2) is 4.39 Å². The lowest BCUT2D eigenvalue weighted by molar-refractivity contribution is -0.139. The zero-order valence-corrected chi connectivity index (χ0v) is 10.1. The predicted octanol–water partition coefficient (Wildman–Crippen LogP) is 3.78. The Kier molecular flexibility index (Phi) is 4.21. The fourth-order valence-electron chi connectivity index (χ4n) is 2.19. The van der Waals surface area contributed by atoms with Gasteiger partial charge in [0.2, 0.25) is 0 Å². The molecule has 0 fully saturated rings. The molecule has 2 nitrogen and oxygen atoms in total. The lowest BCUT2D eigenvalue weighted by Gasteiger charge is -2.19. The van der Waals surface area contributed by atoms with Gasteiger partial charge in [0, 0.05) is 18.8 Å². The van der Waals surface area contributed by atoms with Crippen LogP contribution >= 0.6 is 0 Å². The zero-order chi connectivity index (χ0) is 12.6. The van der Waals surface area contributed by atoms with E-state index in [9.17, 15) is 17.6 Å². The number of anilines is 1. The Balaban J connectivity index is 0.00000162. The first-order valence-electron chi connectivity index (χ1n) is 5.58. The standard InChI is InChI=1S/C12H13F4N.H3N/c1-2-4-17-5-3-8-6-10(13)9(7-11(8)17)12(14,15)16;/h6-7H,2-5H2,1H3;1H3. The number of fused-ring (bicyclic) bond motifs is 1. The van der Waals surface area contributed by atoms with Crippen LogP contribution in [-0.4, -0.2) is 13.1 Å². The summed E-state index contributed by atoms with van der Waals surface area (Å²) < 4.78 is 51.0. The molecule has 1 aromatic carbocycles. The summed E-state index contributed by atoms with van der Waals surface area (Å²) in [5.74, 6) is -1.17. The summed E-state index contributed by atoms with van der Waals surface area (Å²) in [5, 5.41) is 0. The molecule has 0 spiro atoms. The van der Waals surface area contributed by atoms with Gasteiger partial charge in [0.25, 0.3) is 0 Å². The van der Waals surface area contributed by atoms with Crippen molar-refractivity contribution in [3.05, 3.63) is 29.1 Å². The average Bonchev–Trinajstić information content (AvgIpc) is 2.59. The summed E-state index contributed by atoms with van der Waals surface area (Å²) in [6.07, 6.45) is -3.15. The van der Waals surface area contributed by atoms with Gasteiger partial charge in [-0.05, 0) is 30.5 Å². The number of hydrogen-bond donors (Lipinski definition) is 1. The molecule has 0 unspecified atom stereocenters. The highest BCUT2D eigenvalue weighted by Crippen LogP contribution is 2.38. The van der Waals surface area contributed by atoms with Crippen LogP contribution < -0.4 is 11.1 Å². The highest BCUT2D eigenvalue weighted by molar-refractivity contribution is 5.60. The molecule has 6 heteroatoms. The number of alkyl halides is 3. The van der Waals surface area contributed by atoms with Crippen LogP contribution in [0.15, 0.2) is 12.1 Å². The molecular formula is C12H16F4N2. The van der Waals surface area contributed by atoms with Crippen molar-refractivity contribution in [3.63, 3.8) is 0 Å². The van der Waals surface area contributed by atoms with E-state index < -0.39 is 17.6 Å². The van der Waals surface area contributed by atoms with Gasteiger partial charge >= 0.3 is 6.18 Å². The van der Waals surface area contributed by atoms with Crippen LogP contribution in [0.4, 0.5) is 23.2 Å². The molecule has 2 rings (SSSR count). The lowest BCUT2D eigenvalue weighted by atomic mass is 10.1. The number of nitrogens with zero attached hydrogens (tertiary/aromatic N) is 1. The van der Waals surface area contributed by atoms with Crippen molar-refractivity contribution in [2.45, 2.75) is 25.9 Å². The van der Waals surface area contributed by atoms with Crippen LogP contribution in [-0.2, 0) is 12.6 Å². The third kappa shape index (κ3) is 2.58. The predicted molar refractivity (Wildman–Crippen MR) is 62.6 cm³/mol. The topological polar surface area (TPSA) is 38.2 Å². The molecule has 0 aliphatic carbocycles. The van der Waals surface area contributed by atoms with E-state index in [4.69, 9.17) is 0 Å². The van der Waals surface area contributed by atoms with Gasteiger partial charge in [-0.2, -0.15) is 13.2 Å². The van der Waals surface area contributed by atoms with Crippen molar-refractivity contribution in [1.82, 2.24) is 6.15 Å². The van der Waals surface area contributed by atoms with Gasteiger partial charge in [-0.1, -0.05) is 6.92 Å². The highest BCUT2D eigenvalue weighted by atomic mass is 19.4. The van der Waals surface area contributed by atoms with Crippen molar-refractivity contribution in [3.8, 4) is 0 Å². The molecule has 0 aromatic heterocycles. The van der Waals surface area contributed by atoms with Crippen molar-refractivity contribution < 1.29 is 17.6 Å². The largest absolute Gasteiger partial charge is 0.419 e. The molecule has 18 heavy (non-hydrogen) atoms. The molecule has 0 atom stereocenters. The smallest absolute Gasteiger partial charge is 0.371 e. The van der Waals surface area contributed by atoms with E-state index in [1.807, 2.05) is 11.8 Å². The van der Waals surface area contributed by atoms with Crippen LogP contribution in [0.3, 0.4) is 0 Å². The summed E-state index contributed by atoms with van der Waals surface area (Å²) in [5.41, 5.74) is 0.0313. The number of halogens is 4. The summed E-state index contributed by atoms with van der Waals surface area (Å²) in [4.78, 5) is 1.88. The Morgan fingerprint density at radius 1 is 1.28 bits per heavy atom. The molecule has 0 bridgehead atoms. The van der Waals surface area contributed by atoms with Gasteiger partial charge in [0.15, 0.2) is 0 Å². The van der Waals surface area contributed by atoms with E-state index in [1.54, 1.807) is 0 Å². The van der Waals surface area contributed by atoms with E-state index in [0.717, 1.165) is 18.6 Å². The van der Waals surface area contributed by atoms with Crippen molar-refractivity contribution >= 4 is 5.69 Å². The Bertz CT molecular complexity index is 429. The molecule has 3 N–H and O–H groups in total. The van der Waals surface area contributed by atoms with Gasteiger partial charge in [0.1, 0.15) is 5.82 Å². The third-order valence-electron chi connectivity index (χ3n) is 2.96. The minimum absolute atomic E-state index is 0. The van der Waals surface area contributed by atoms with Crippen LogP contribution in [0, 0.1) is 5.82 Å². The summed E-state index contributed by atoms with van der Waals surface area (Å²) >= 11 is 0. The second-order valence-corrected chi connectivity index (χ2v) is 4.20. The fraction of sp³-hybridized carbons (Fsp3) is 0.500. The molecular weight excluding hydrogens is 248 g/mol. The normalized spacial score (nSPS) is 14.4. The maximum atomic E-state index is 13.3. The first-order valence-corrected chi connectivity index (χ1v) is 5.58. The Labute approximate surface area is 103 Å². The monoisotopic (exact) mass is 264 g/mol. The fourth-order valence-corrected chi connectivity index (χ4v) is 2.19. The number of benzene rings is 1. The van der Waals surface area contributed by atoms with Gasteiger partial charge in [-0.3, -0.25) is 0 Å². The molecule has 0 saturated heterocycles. The van der Waals surface area contributed by atoms with Gasteiger partial charge in [0.05, 0.1) is 5.56 Å². The molecule has 1 aliphatic heterocycles. The van der Waals surface area contributed by atoms with Crippen molar-refractivity contribution in [2.75, 3.05) is 18.0 Å². The quantitative estimate of drug-likeness (QED) is 0.825. The van der Waals surface area contributed by atoms with Crippen LogP contribution in [0.25, 0.3) is 0 Å². The molecule has 0 saturated carbocycles.